The molecule has 0 bridgehead atoms. The Kier molecular flexibility index (Phi) is 20.4. The summed E-state index contributed by atoms with van der Waals surface area (Å²) in [5.41, 5.74) is 0. The summed E-state index contributed by atoms with van der Waals surface area (Å²) in [5, 5.41) is 1.12. The van der Waals surface area contributed by atoms with Crippen molar-refractivity contribution < 1.29 is 47.4 Å². The van der Waals surface area contributed by atoms with Crippen LogP contribution in [0.25, 0.3) is 0 Å². The number of aromatic nitrogens is 3. The largest absolute Gasteiger partial charge is 0.493 e. The molecule has 0 N–H and O–H groups in total. The lowest BCUT2D eigenvalue weighted by atomic mass is 10.3. The van der Waals surface area contributed by atoms with Gasteiger partial charge in [0.15, 0.2) is 23.0 Å². The van der Waals surface area contributed by atoms with E-state index in [-0.39, 0.29) is 0 Å². The van der Waals surface area contributed by atoms with E-state index in [2.05, 4.69) is 30.9 Å². The van der Waals surface area contributed by atoms with Crippen molar-refractivity contribution in [3.8, 4) is 57.9 Å². The highest BCUT2D eigenvalue weighted by atomic mass is 79.9. The zero-order valence-electron chi connectivity index (χ0n) is 32.8. The minimum Gasteiger partial charge on any atom is -0.493 e. The number of methoxy groups -OCH3 is 4. The Hall–Kier alpha value is -5.83. The molecule has 0 spiro atoms. The third-order valence-electron chi connectivity index (χ3n) is 7.38. The van der Waals surface area contributed by atoms with Gasteiger partial charge in [0.25, 0.3) is 0 Å². The molecule has 13 nitrogen and oxygen atoms in total. The van der Waals surface area contributed by atoms with Crippen LogP contribution in [0, 0.1) is 0 Å². The van der Waals surface area contributed by atoms with Crippen LogP contribution >= 0.6 is 39.1 Å². The molecule has 0 atom stereocenters. The lowest BCUT2D eigenvalue weighted by molar-refractivity contribution is 0.201. The van der Waals surface area contributed by atoms with Gasteiger partial charge in [-0.25, -0.2) is 15.0 Å². The Balaban J connectivity index is 0.000000198. The summed E-state index contributed by atoms with van der Waals surface area (Å²) in [6, 6.07) is 30.7. The van der Waals surface area contributed by atoms with Crippen molar-refractivity contribution in [2.75, 3.05) is 68.1 Å². The van der Waals surface area contributed by atoms with Crippen LogP contribution in [0.2, 0.25) is 10.0 Å². The van der Waals surface area contributed by atoms with Gasteiger partial charge in [-0.3, -0.25) is 0 Å². The monoisotopic (exact) mass is 911 g/mol. The molecule has 59 heavy (non-hydrogen) atoms. The molecule has 0 aliphatic heterocycles. The molecule has 312 valence electrons. The molecule has 0 aliphatic rings. The number of hydrogen-bond donors (Lipinski definition) is 0. The fourth-order valence-corrected chi connectivity index (χ4v) is 5.60. The fourth-order valence-electron chi connectivity index (χ4n) is 4.72. The number of rotatable bonds is 19. The minimum atomic E-state index is 0.324. The van der Waals surface area contributed by atoms with E-state index < -0.39 is 0 Å². The summed E-state index contributed by atoms with van der Waals surface area (Å²) >= 11 is 15.3. The van der Waals surface area contributed by atoms with E-state index in [1.165, 1.54) is 0 Å². The number of para-hydroxylation sites is 2. The summed E-state index contributed by atoms with van der Waals surface area (Å²) in [6.07, 6.45) is 4.96. The number of nitrogens with zero attached hydrogens (tertiary/aromatic N) is 3. The average Bonchev–Trinajstić information content (AvgIpc) is 3.27. The average molecular weight is 914 g/mol. The van der Waals surface area contributed by atoms with Gasteiger partial charge in [-0.05, 0) is 60.7 Å². The van der Waals surface area contributed by atoms with Gasteiger partial charge in [0.1, 0.15) is 45.4 Å². The Morgan fingerprint density at radius 3 is 1.29 bits per heavy atom. The van der Waals surface area contributed by atoms with Crippen LogP contribution in [0.4, 0.5) is 0 Å². The molecule has 0 amide bonds. The number of pyridine rings is 3. The van der Waals surface area contributed by atoms with Crippen molar-refractivity contribution >= 4 is 39.1 Å². The molecular weight excluding hydrogens is 869 g/mol. The molecule has 6 rings (SSSR count). The molecule has 3 heterocycles. The molecule has 16 heteroatoms. The Morgan fingerprint density at radius 2 is 0.864 bits per heavy atom. The molecule has 0 saturated carbocycles. The number of benzene rings is 3. The maximum absolute atomic E-state index is 6.08. The molecule has 0 fully saturated rings. The van der Waals surface area contributed by atoms with Crippen LogP contribution in [-0.2, 0) is 0 Å². The number of ether oxygens (including phenoxy) is 10. The van der Waals surface area contributed by atoms with Crippen LogP contribution in [0.15, 0.2) is 126 Å². The maximum atomic E-state index is 6.08. The predicted molar refractivity (Wildman–Crippen MR) is 229 cm³/mol. The first-order valence-electron chi connectivity index (χ1n) is 17.9. The van der Waals surface area contributed by atoms with E-state index in [0.29, 0.717) is 108 Å². The third kappa shape index (κ3) is 16.2. The van der Waals surface area contributed by atoms with Crippen LogP contribution in [0.5, 0.6) is 57.9 Å². The van der Waals surface area contributed by atoms with Crippen molar-refractivity contribution in [3.05, 3.63) is 136 Å². The van der Waals surface area contributed by atoms with Gasteiger partial charge in [0.05, 0.1) is 33.5 Å². The van der Waals surface area contributed by atoms with Crippen LogP contribution in [0.1, 0.15) is 0 Å². The molecule has 0 saturated heterocycles. The fraction of sp³-hybridized carbons (Fsp3) is 0.233. The van der Waals surface area contributed by atoms with Gasteiger partial charge in [-0.1, -0.05) is 63.4 Å². The quantitative estimate of drug-likeness (QED) is 0.0716. The second-order valence-corrected chi connectivity index (χ2v) is 13.1. The maximum Gasteiger partial charge on any atom is 0.214 e. The van der Waals surface area contributed by atoms with Gasteiger partial charge in [-0.15, -0.1) is 0 Å². The SMILES string of the molecule is COc1cccc(OC)c1OCCOc1cc(Cl)ccn1.COc1cccc(OC)c1OCCOc1ccc(Br)cc1Cl.c1ccc(OCCOc2ccccn2)nc1. The first kappa shape index (κ1) is 45.9. The van der Waals surface area contributed by atoms with Gasteiger partial charge < -0.3 is 47.4 Å². The summed E-state index contributed by atoms with van der Waals surface area (Å²) < 4.78 is 55.1. The minimum absolute atomic E-state index is 0.324. The van der Waals surface area contributed by atoms with E-state index >= 15 is 0 Å². The van der Waals surface area contributed by atoms with Crippen LogP contribution in [0.3, 0.4) is 0 Å². The highest BCUT2D eigenvalue weighted by Gasteiger charge is 2.12. The number of hydrogen-bond acceptors (Lipinski definition) is 13. The first-order valence-corrected chi connectivity index (χ1v) is 19.5. The molecule has 0 aliphatic carbocycles. The smallest absolute Gasteiger partial charge is 0.214 e. The Bertz CT molecular complexity index is 2020. The van der Waals surface area contributed by atoms with Gasteiger partial charge in [-0.2, -0.15) is 0 Å². The van der Waals surface area contributed by atoms with Gasteiger partial charge >= 0.3 is 0 Å². The van der Waals surface area contributed by atoms with Crippen molar-refractivity contribution in [3.63, 3.8) is 0 Å². The van der Waals surface area contributed by atoms with E-state index in [1.807, 2.05) is 54.6 Å². The van der Waals surface area contributed by atoms with E-state index in [0.717, 1.165) is 4.47 Å². The second-order valence-electron chi connectivity index (χ2n) is 11.3. The first-order chi connectivity index (χ1) is 28.8. The van der Waals surface area contributed by atoms with E-state index in [4.69, 9.17) is 70.6 Å². The molecule has 3 aromatic heterocycles. The summed E-state index contributed by atoms with van der Waals surface area (Å²) in [6.45, 7) is 2.24. The van der Waals surface area contributed by atoms with Crippen molar-refractivity contribution in [2.45, 2.75) is 0 Å². The highest BCUT2D eigenvalue weighted by molar-refractivity contribution is 9.10. The highest BCUT2D eigenvalue weighted by Crippen LogP contribution is 2.38. The van der Waals surface area contributed by atoms with Gasteiger partial charge in [0, 0.05) is 46.3 Å². The molecule has 3 aromatic carbocycles. The van der Waals surface area contributed by atoms with Crippen molar-refractivity contribution in [2.24, 2.45) is 0 Å². The third-order valence-corrected chi connectivity index (χ3v) is 8.41. The molecule has 6 aromatic rings. The van der Waals surface area contributed by atoms with Crippen LogP contribution < -0.4 is 47.4 Å². The van der Waals surface area contributed by atoms with Crippen molar-refractivity contribution in [1.82, 2.24) is 15.0 Å². The zero-order chi connectivity index (χ0) is 42.1. The normalized spacial score (nSPS) is 10.0. The number of halogens is 3. The lowest BCUT2D eigenvalue weighted by Crippen LogP contribution is -2.10. The second kappa shape index (κ2) is 26.2. The topological polar surface area (TPSA) is 131 Å². The predicted octanol–water partition coefficient (Wildman–Crippen LogP) is 9.72. The van der Waals surface area contributed by atoms with E-state index in [9.17, 15) is 0 Å². The standard InChI is InChI=1S/C16H16BrClO4.C15H16ClNO4.C12H12N2O2/c1-19-14-4-3-5-15(20-2)16(14)22-9-8-21-13-7-6-11(17)10-12(13)18;1-18-12-4-3-5-13(19-2)15(12)21-9-8-20-14-10-11(16)6-7-17-14;1-3-7-13-11(5-1)15-9-10-16-12-6-2-4-8-14-12/h3-7,10H,8-9H2,1-2H3;3-7,10H,8-9H2,1-2H3;1-8H,9-10H2. The Labute approximate surface area is 362 Å². The van der Waals surface area contributed by atoms with E-state index in [1.54, 1.807) is 95.6 Å². The lowest BCUT2D eigenvalue weighted by Gasteiger charge is -2.14. The molecule has 0 unspecified atom stereocenters. The van der Waals surface area contributed by atoms with Crippen LogP contribution in [-0.4, -0.2) is 83.0 Å². The summed E-state index contributed by atoms with van der Waals surface area (Å²) in [7, 11) is 6.32. The molecule has 0 radical (unpaired) electrons. The zero-order valence-corrected chi connectivity index (χ0v) is 35.9. The molecular formula is C43H44BrCl2N3O10. The summed E-state index contributed by atoms with van der Waals surface area (Å²) in [4.78, 5) is 12.1. The van der Waals surface area contributed by atoms with Gasteiger partial charge in [0.2, 0.25) is 29.1 Å². The van der Waals surface area contributed by atoms with Crippen molar-refractivity contribution in [1.29, 1.82) is 0 Å². The summed E-state index contributed by atoms with van der Waals surface area (Å²) in [5.74, 6) is 5.81. The Morgan fingerprint density at radius 1 is 0.424 bits per heavy atom.